The van der Waals surface area contributed by atoms with Gasteiger partial charge in [-0.25, -0.2) is 8.42 Å². The Morgan fingerprint density at radius 3 is 2.11 bits per heavy atom. The number of aliphatic hydroxyl groups is 1. The van der Waals surface area contributed by atoms with Crippen LogP contribution in [0.25, 0.3) is 0 Å². The van der Waals surface area contributed by atoms with E-state index in [1.54, 1.807) is 23.1 Å². The molecule has 0 spiro atoms. The van der Waals surface area contributed by atoms with Crippen LogP contribution in [0.1, 0.15) is 11.1 Å². The van der Waals surface area contributed by atoms with Crippen LogP contribution in [-0.4, -0.2) is 60.4 Å². The SMILES string of the molecule is O=C1CN(S(=O)(=O)c2ccccc2)CC(O)CN1C1Cc2ccccc2C1. The molecule has 142 valence electrons. The van der Waals surface area contributed by atoms with E-state index >= 15 is 0 Å². The first-order valence-corrected chi connectivity index (χ1v) is 10.5. The number of amides is 1. The minimum atomic E-state index is -3.83. The zero-order valence-electron chi connectivity index (χ0n) is 14.9. The van der Waals surface area contributed by atoms with Crippen molar-refractivity contribution >= 4 is 15.9 Å². The van der Waals surface area contributed by atoms with E-state index in [4.69, 9.17) is 0 Å². The van der Waals surface area contributed by atoms with Gasteiger partial charge in [0, 0.05) is 19.1 Å². The average molecular weight is 386 g/mol. The lowest BCUT2D eigenvalue weighted by Gasteiger charge is -2.28. The van der Waals surface area contributed by atoms with Gasteiger partial charge in [0.15, 0.2) is 0 Å². The molecule has 0 saturated carbocycles. The maximum atomic E-state index is 12.9. The van der Waals surface area contributed by atoms with Gasteiger partial charge < -0.3 is 10.0 Å². The third kappa shape index (κ3) is 3.50. The number of benzene rings is 2. The molecule has 0 aromatic heterocycles. The lowest BCUT2D eigenvalue weighted by atomic mass is 10.1. The van der Waals surface area contributed by atoms with E-state index in [0.29, 0.717) is 0 Å². The van der Waals surface area contributed by atoms with Crippen molar-refractivity contribution in [2.24, 2.45) is 0 Å². The monoisotopic (exact) mass is 386 g/mol. The van der Waals surface area contributed by atoms with E-state index in [1.807, 2.05) is 12.1 Å². The molecule has 0 radical (unpaired) electrons. The van der Waals surface area contributed by atoms with Crippen LogP contribution in [-0.2, 0) is 27.7 Å². The number of sulfonamides is 1. The lowest BCUT2D eigenvalue weighted by Crippen LogP contribution is -2.45. The van der Waals surface area contributed by atoms with Crippen LogP contribution in [0.3, 0.4) is 0 Å². The fraction of sp³-hybridized carbons (Fsp3) is 0.350. The largest absolute Gasteiger partial charge is 0.390 e. The van der Waals surface area contributed by atoms with Gasteiger partial charge in [-0.05, 0) is 36.1 Å². The van der Waals surface area contributed by atoms with Crippen molar-refractivity contribution in [1.82, 2.24) is 9.21 Å². The smallest absolute Gasteiger partial charge is 0.243 e. The van der Waals surface area contributed by atoms with Crippen molar-refractivity contribution in [1.29, 1.82) is 0 Å². The summed E-state index contributed by atoms with van der Waals surface area (Å²) >= 11 is 0. The molecule has 1 fully saturated rings. The van der Waals surface area contributed by atoms with Crippen LogP contribution in [0.2, 0.25) is 0 Å². The van der Waals surface area contributed by atoms with Gasteiger partial charge >= 0.3 is 0 Å². The number of hydrogen-bond acceptors (Lipinski definition) is 4. The predicted octanol–water partition coefficient (Wildman–Crippen LogP) is 1.05. The first kappa shape index (κ1) is 18.2. The molecule has 1 atom stereocenters. The summed E-state index contributed by atoms with van der Waals surface area (Å²) in [5.41, 5.74) is 2.42. The number of carbonyl (C=O) groups excluding carboxylic acids is 1. The maximum absolute atomic E-state index is 12.9. The third-order valence-corrected chi connectivity index (χ3v) is 7.13. The van der Waals surface area contributed by atoms with E-state index < -0.39 is 16.1 Å². The Kier molecular flexibility index (Phi) is 4.75. The molecule has 0 bridgehead atoms. The number of rotatable bonds is 3. The highest BCUT2D eigenvalue weighted by atomic mass is 32.2. The molecular formula is C20H22N2O4S. The second-order valence-corrected chi connectivity index (χ2v) is 9.08. The van der Waals surface area contributed by atoms with Gasteiger partial charge in [0.1, 0.15) is 0 Å². The van der Waals surface area contributed by atoms with Gasteiger partial charge in [0.25, 0.3) is 0 Å². The molecule has 2 aliphatic rings. The van der Waals surface area contributed by atoms with Gasteiger partial charge in [-0.15, -0.1) is 0 Å². The van der Waals surface area contributed by atoms with Crippen molar-refractivity contribution in [3.63, 3.8) is 0 Å². The lowest BCUT2D eigenvalue weighted by molar-refractivity contribution is -0.133. The van der Waals surface area contributed by atoms with Crippen LogP contribution < -0.4 is 0 Å². The molecule has 1 aliphatic heterocycles. The predicted molar refractivity (Wildman–Crippen MR) is 101 cm³/mol. The van der Waals surface area contributed by atoms with Gasteiger partial charge in [-0.1, -0.05) is 42.5 Å². The molecule has 1 heterocycles. The molecule has 1 unspecified atom stereocenters. The summed E-state index contributed by atoms with van der Waals surface area (Å²) < 4.78 is 26.9. The summed E-state index contributed by atoms with van der Waals surface area (Å²) in [5, 5.41) is 10.4. The first-order chi connectivity index (χ1) is 12.9. The standard InChI is InChI=1S/C20H22N2O4S/c23-18-12-21(27(25,26)19-8-2-1-3-9-19)14-20(24)22(13-18)17-10-15-6-4-5-7-16(15)11-17/h1-9,17-18,23H,10-14H2. The molecule has 1 saturated heterocycles. The fourth-order valence-corrected chi connectivity index (χ4v) is 5.41. The van der Waals surface area contributed by atoms with E-state index in [1.165, 1.54) is 23.3 Å². The average Bonchev–Trinajstić information content (AvgIpc) is 3.03. The van der Waals surface area contributed by atoms with E-state index in [2.05, 4.69) is 12.1 Å². The third-order valence-electron chi connectivity index (χ3n) is 5.31. The maximum Gasteiger partial charge on any atom is 0.243 e. The first-order valence-electron chi connectivity index (χ1n) is 9.04. The van der Waals surface area contributed by atoms with Crippen molar-refractivity contribution < 1.29 is 18.3 Å². The summed E-state index contributed by atoms with van der Waals surface area (Å²) in [5.74, 6) is -0.260. The summed E-state index contributed by atoms with van der Waals surface area (Å²) in [6.07, 6.45) is 0.554. The Labute approximate surface area is 159 Å². The quantitative estimate of drug-likeness (QED) is 0.855. The number of nitrogens with zero attached hydrogens (tertiary/aromatic N) is 2. The number of carbonyl (C=O) groups is 1. The summed E-state index contributed by atoms with van der Waals surface area (Å²) in [6, 6.07) is 16.1. The van der Waals surface area contributed by atoms with Gasteiger partial charge in [0.05, 0.1) is 17.5 Å². The highest BCUT2D eigenvalue weighted by Gasteiger charge is 2.38. The molecule has 2 aromatic rings. The Bertz CT molecular complexity index is 920. The molecule has 1 amide bonds. The summed E-state index contributed by atoms with van der Waals surface area (Å²) in [4.78, 5) is 14.7. The molecule has 2 aromatic carbocycles. The molecular weight excluding hydrogens is 364 g/mol. The summed E-state index contributed by atoms with van der Waals surface area (Å²) in [7, 11) is -3.83. The topological polar surface area (TPSA) is 77.9 Å². The Morgan fingerprint density at radius 2 is 1.48 bits per heavy atom. The number of aliphatic hydroxyl groups excluding tert-OH is 1. The Hall–Kier alpha value is -2.22. The second-order valence-electron chi connectivity index (χ2n) is 7.14. The minimum absolute atomic E-state index is 0.0380. The van der Waals surface area contributed by atoms with Crippen molar-refractivity contribution in [2.75, 3.05) is 19.6 Å². The van der Waals surface area contributed by atoms with Crippen LogP contribution in [0.15, 0.2) is 59.5 Å². The summed E-state index contributed by atoms with van der Waals surface area (Å²) in [6.45, 7) is -0.182. The van der Waals surface area contributed by atoms with Crippen LogP contribution in [0.5, 0.6) is 0 Å². The highest BCUT2D eigenvalue weighted by molar-refractivity contribution is 7.89. The highest BCUT2D eigenvalue weighted by Crippen LogP contribution is 2.27. The van der Waals surface area contributed by atoms with Gasteiger partial charge in [0.2, 0.25) is 15.9 Å². The zero-order valence-corrected chi connectivity index (χ0v) is 15.7. The number of fused-ring (bicyclic) bond motifs is 1. The Balaban J connectivity index is 1.56. The van der Waals surface area contributed by atoms with Crippen LogP contribution in [0.4, 0.5) is 0 Å². The second kappa shape index (κ2) is 7.07. The van der Waals surface area contributed by atoms with Crippen LogP contribution in [0, 0.1) is 0 Å². The van der Waals surface area contributed by atoms with Gasteiger partial charge in [-0.2, -0.15) is 4.31 Å². The van der Waals surface area contributed by atoms with Gasteiger partial charge in [-0.3, -0.25) is 4.79 Å². The Morgan fingerprint density at radius 1 is 0.889 bits per heavy atom. The zero-order chi connectivity index (χ0) is 19.0. The van der Waals surface area contributed by atoms with Crippen molar-refractivity contribution in [2.45, 2.75) is 29.9 Å². The molecule has 1 aliphatic carbocycles. The number of β-amino-alcohol motifs (C(OH)–C–C–N with tert-alkyl or cyclic N) is 1. The normalized spacial score (nSPS) is 21.9. The molecule has 7 heteroatoms. The minimum Gasteiger partial charge on any atom is -0.390 e. The fourth-order valence-electron chi connectivity index (χ4n) is 3.96. The molecule has 27 heavy (non-hydrogen) atoms. The van der Waals surface area contributed by atoms with E-state index in [-0.39, 0.29) is 36.5 Å². The van der Waals surface area contributed by atoms with Crippen molar-refractivity contribution in [3.05, 3.63) is 65.7 Å². The number of hydrogen-bond donors (Lipinski definition) is 1. The molecule has 4 rings (SSSR count). The molecule has 6 nitrogen and oxygen atoms in total. The van der Waals surface area contributed by atoms with E-state index in [0.717, 1.165) is 17.1 Å². The molecule has 1 N–H and O–H groups in total. The van der Waals surface area contributed by atoms with E-state index in [9.17, 15) is 18.3 Å². The van der Waals surface area contributed by atoms with Crippen molar-refractivity contribution in [3.8, 4) is 0 Å². The van der Waals surface area contributed by atoms with Crippen LogP contribution >= 0.6 is 0 Å².